The van der Waals surface area contributed by atoms with Crippen molar-refractivity contribution in [3.63, 3.8) is 0 Å². The molecule has 0 saturated heterocycles. The molecule has 3 aromatic carbocycles. The summed E-state index contributed by atoms with van der Waals surface area (Å²) in [7, 11) is 3.40. The molecule has 0 bridgehead atoms. The highest BCUT2D eigenvalue weighted by atomic mass is 16.5. The summed E-state index contributed by atoms with van der Waals surface area (Å²) < 4.78 is 13.2. The second-order valence-electron chi connectivity index (χ2n) is 8.52. The predicted octanol–water partition coefficient (Wildman–Crippen LogP) is 6.25. The number of methoxy groups -OCH3 is 2. The second kappa shape index (κ2) is 7.55. The van der Waals surface area contributed by atoms with Crippen molar-refractivity contribution in [1.29, 1.82) is 0 Å². The van der Waals surface area contributed by atoms with Gasteiger partial charge in [-0.05, 0) is 67.4 Å². The molecule has 0 radical (unpaired) electrons. The summed E-state index contributed by atoms with van der Waals surface area (Å²) in [5.41, 5.74) is 9.13. The van der Waals surface area contributed by atoms with Crippen molar-refractivity contribution < 1.29 is 9.47 Å². The number of H-pyrrole nitrogens is 1. The predicted molar refractivity (Wildman–Crippen MR) is 132 cm³/mol. The zero-order chi connectivity index (χ0) is 22.5. The summed E-state index contributed by atoms with van der Waals surface area (Å²) in [6.45, 7) is 3.00. The highest BCUT2D eigenvalue weighted by Crippen LogP contribution is 2.43. The van der Waals surface area contributed by atoms with Crippen LogP contribution < -0.4 is 9.47 Å². The van der Waals surface area contributed by atoms with Gasteiger partial charge < -0.3 is 19.0 Å². The third-order valence-electron chi connectivity index (χ3n) is 6.54. The molecule has 1 aliphatic heterocycles. The fourth-order valence-corrected chi connectivity index (χ4v) is 4.92. The molecule has 0 amide bonds. The Morgan fingerprint density at radius 2 is 1.67 bits per heavy atom. The van der Waals surface area contributed by atoms with Gasteiger partial charge in [-0.3, -0.25) is 0 Å². The Morgan fingerprint density at radius 3 is 2.42 bits per heavy atom. The first-order valence-corrected chi connectivity index (χ1v) is 11.2. The molecule has 33 heavy (non-hydrogen) atoms. The molecule has 164 valence electrons. The van der Waals surface area contributed by atoms with Crippen LogP contribution in [0, 0.1) is 6.92 Å². The highest BCUT2D eigenvalue weighted by Gasteiger charge is 2.29. The highest BCUT2D eigenvalue weighted by molar-refractivity contribution is 5.95. The van der Waals surface area contributed by atoms with Gasteiger partial charge in [0.2, 0.25) is 0 Å². The van der Waals surface area contributed by atoms with E-state index >= 15 is 0 Å². The third-order valence-corrected chi connectivity index (χ3v) is 6.54. The molecule has 0 fully saturated rings. The molecule has 0 aliphatic carbocycles. The van der Waals surface area contributed by atoms with E-state index in [1.165, 1.54) is 16.5 Å². The SMILES string of the molecule is COc1ccc(-c2nc(-c3cccc(C)c3)n3c2-c2[nH]c4ccc(OC)cc4c2CC3)cc1. The summed E-state index contributed by atoms with van der Waals surface area (Å²) >= 11 is 0. The first-order chi connectivity index (χ1) is 16.2. The Labute approximate surface area is 192 Å². The van der Waals surface area contributed by atoms with Crippen LogP contribution in [-0.4, -0.2) is 28.8 Å². The third kappa shape index (κ3) is 3.11. The fourth-order valence-electron chi connectivity index (χ4n) is 4.92. The van der Waals surface area contributed by atoms with Crippen LogP contribution in [0.4, 0.5) is 0 Å². The maximum absolute atomic E-state index is 5.50. The van der Waals surface area contributed by atoms with Crippen LogP contribution in [0.3, 0.4) is 0 Å². The van der Waals surface area contributed by atoms with Gasteiger partial charge in [0.15, 0.2) is 0 Å². The number of nitrogens with zero attached hydrogens (tertiary/aromatic N) is 2. The molecule has 1 aliphatic rings. The maximum atomic E-state index is 5.50. The van der Waals surface area contributed by atoms with Gasteiger partial charge in [0.05, 0.1) is 31.3 Å². The van der Waals surface area contributed by atoms with Crippen LogP contribution >= 0.6 is 0 Å². The largest absolute Gasteiger partial charge is 0.497 e. The van der Waals surface area contributed by atoms with Crippen molar-refractivity contribution in [2.24, 2.45) is 0 Å². The number of aromatic nitrogens is 3. The van der Waals surface area contributed by atoms with Gasteiger partial charge in [0.1, 0.15) is 17.3 Å². The van der Waals surface area contributed by atoms with Crippen molar-refractivity contribution >= 4 is 10.9 Å². The lowest BCUT2D eigenvalue weighted by atomic mass is 9.99. The number of aryl methyl sites for hydroxylation is 2. The standard InChI is InChI=1S/C28H25N3O2/c1-17-5-4-6-19(15-17)28-30-25(18-7-9-20(32-2)10-8-18)27-26-22(13-14-31(27)28)23-16-21(33-3)11-12-24(23)29-26/h4-12,15-16,29H,13-14H2,1-3H3. The van der Waals surface area contributed by atoms with E-state index < -0.39 is 0 Å². The van der Waals surface area contributed by atoms with Gasteiger partial charge in [-0.25, -0.2) is 4.98 Å². The number of benzene rings is 3. The van der Waals surface area contributed by atoms with Crippen LogP contribution in [0.25, 0.3) is 44.9 Å². The number of ether oxygens (including phenoxy) is 2. The first kappa shape index (κ1) is 19.7. The fraction of sp³-hybridized carbons (Fsp3) is 0.179. The Bertz CT molecular complexity index is 1490. The van der Waals surface area contributed by atoms with E-state index in [1.807, 2.05) is 18.2 Å². The number of imidazole rings is 1. The molecular formula is C28H25N3O2. The van der Waals surface area contributed by atoms with Gasteiger partial charge in [0, 0.05) is 28.6 Å². The topological polar surface area (TPSA) is 52.1 Å². The molecule has 0 unspecified atom stereocenters. The molecular weight excluding hydrogens is 410 g/mol. The molecule has 5 nitrogen and oxygen atoms in total. The van der Waals surface area contributed by atoms with Crippen molar-refractivity contribution in [1.82, 2.24) is 14.5 Å². The Balaban J connectivity index is 1.62. The second-order valence-corrected chi connectivity index (χ2v) is 8.52. The molecule has 0 saturated carbocycles. The normalized spacial score (nSPS) is 12.5. The monoisotopic (exact) mass is 435 g/mol. The van der Waals surface area contributed by atoms with Crippen LogP contribution in [0.1, 0.15) is 11.1 Å². The van der Waals surface area contributed by atoms with Gasteiger partial charge in [-0.1, -0.05) is 23.8 Å². The molecule has 1 N–H and O–H groups in total. The quantitative estimate of drug-likeness (QED) is 0.363. The van der Waals surface area contributed by atoms with E-state index in [2.05, 4.69) is 65.0 Å². The Kier molecular flexibility index (Phi) is 4.50. The Hall–Kier alpha value is -3.99. The van der Waals surface area contributed by atoms with Crippen molar-refractivity contribution in [2.45, 2.75) is 19.9 Å². The van der Waals surface area contributed by atoms with E-state index in [0.717, 1.165) is 64.0 Å². The summed E-state index contributed by atoms with van der Waals surface area (Å²) in [5.74, 6) is 2.71. The summed E-state index contributed by atoms with van der Waals surface area (Å²) in [5, 5.41) is 1.22. The lowest BCUT2D eigenvalue weighted by molar-refractivity contribution is 0.415. The molecule has 2 aromatic heterocycles. The molecule has 0 spiro atoms. The minimum absolute atomic E-state index is 0.837. The zero-order valence-electron chi connectivity index (χ0n) is 19.0. The minimum Gasteiger partial charge on any atom is -0.497 e. The van der Waals surface area contributed by atoms with Crippen molar-refractivity contribution in [3.8, 4) is 45.5 Å². The van der Waals surface area contributed by atoms with Crippen LogP contribution in [0.15, 0.2) is 66.7 Å². The van der Waals surface area contributed by atoms with Gasteiger partial charge in [-0.2, -0.15) is 0 Å². The molecule has 5 aromatic rings. The average molecular weight is 436 g/mol. The average Bonchev–Trinajstić information content (AvgIpc) is 3.42. The molecule has 0 atom stereocenters. The minimum atomic E-state index is 0.837. The number of fused-ring (bicyclic) bond motifs is 5. The number of rotatable bonds is 4. The van der Waals surface area contributed by atoms with E-state index in [4.69, 9.17) is 14.5 Å². The lowest BCUT2D eigenvalue weighted by Crippen LogP contribution is -2.11. The van der Waals surface area contributed by atoms with E-state index in [9.17, 15) is 0 Å². The van der Waals surface area contributed by atoms with E-state index in [1.54, 1.807) is 14.2 Å². The summed E-state index contributed by atoms with van der Waals surface area (Å²) in [6, 6.07) is 23.0. The number of hydrogen-bond donors (Lipinski definition) is 1. The van der Waals surface area contributed by atoms with Crippen molar-refractivity contribution in [3.05, 3.63) is 77.9 Å². The summed E-state index contributed by atoms with van der Waals surface area (Å²) in [6.07, 6.45) is 0.937. The lowest BCUT2D eigenvalue weighted by Gasteiger charge is -2.19. The van der Waals surface area contributed by atoms with Crippen LogP contribution in [-0.2, 0) is 13.0 Å². The number of hydrogen-bond acceptors (Lipinski definition) is 3. The van der Waals surface area contributed by atoms with Gasteiger partial charge >= 0.3 is 0 Å². The molecule has 5 heteroatoms. The summed E-state index contributed by atoms with van der Waals surface area (Å²) in [4.78, 5) is 8.90. The van der Waals surface area contributed by atoms with E-state index in [-0.39, 0.29) is 0 Å². The maximum Gasteiger partial charge on any atom is 0.141 e. The first-order valence-electron chi connectivity index (χ1n) is 11.2. The van der Waals surface area contributed by atoms with E-state index in [0.29, 0.717) is 0 Å². The number of nitrogens with one attached hydrogen (secondary N) is 1. The smallest absolute Gasteiger partial charge is 0.141 e. The zero-order valence-corrected chi connectivity index (χ0v) is 19.0. The van der Waals surface area contributed by atoms with Crippen molar-refractivity contribution in [2.75, 3.05) is 14.2 Å². The number of aromatic amines is 1. The van der Waals surface area contributed by atoms with Crippen LogP contribution in [0.5, 0.6) is 11.5 Å². The van der Waals surface area contributed by atoms with Crippen LogP contribution in [0.2, 0.25) is 0 Å². The van der Waals surface area contributed by atoms with Gasteiger partial charge in [-0.15, -0.1) is 0 Å². The molecule has 3 heterocycles. The Morgan fingerprint density at radius 1 is 0.879 bits per heavy atom. The molecule has 6 rings (SSSR count). The van der Waals surface area contributed by atoms with Gasteiger partial charge in [0.25, 0.3) is 0 Å².